The first-order valence-corrected chi connectivity index (χ1v) is 9.35. The number of halogens is 3. The lowest BCUT2D eigenvalue weighted by molar-refractivity contribution is -0.185. The predicted molar refractivity (Wildman–Crippen MR) is 98.5 cm³/mol. The summed E-state index contributed by atoms with van der Waals surface area (Å²) in [4.78, 5) is 30.6. The van der Waals surface area contributed by atoms with E-state index in [4.69, 9.17) is 0 Å². The monoisotopic (exact) mass is 421 g/mol. The molecule has 1 N–H and O–H groups in total. The molecule has 0 radical (unpaired) electrons. The lowest BCUT2D eigenvalue weighted by Gasteiger charge is -2.60. The highest BCUT2D eigenvalue weighted by Gasteiger charge is 2.54. The molecule has 2 fully saturated rings. The highest BCUT2D eigenvalue weighted by Crippen LogP contribution is 2.41. The van der Waals surface area contributed by atoms with Gasteiger partial charge in [0.15, 0.2) is 0 Å². The molecule has 2 aliphatic rings. The average Bonchev–Trinajstić information content (AvgIpc) is 3.21. The Labute approximate surface area is 167 Å². The number of fused-ring (bicyclic) bond motifs is 1. The number of likely N-dealkylation sites (tertiary alicyclic amines) is 2. The summed E-state index contributed by atoms with van der Waals surface area (Å²) in [7, 11) is 0. The molecule has 1 amide bonds. The van der Waals surface area contributed by atoms with Crippen LogP contribution in [0, 0.1) is 12.3 Å². The van der Waals surface area contributed by atoms with E-state index in [1.54, 1.807) is 30.2 Å². The van der Waals surface area contributed by atoms with Crippen molar-refractivity contribution in [1.82, 2.24) is 34.2 Å². The van der Waals surface area contributed by atoms with Crippen LogP contribution in [0.15, 0.2) is 29.3 Å². The van der Waals surface area contributed by atoms with E-state index in [2.05, 4.69) is 15.2 Å². The topological polar surface area (TPSA) is 91.5 Å². The summed E-state index contributed by atoms with van der Waals surface area (Å²) in [6, 6.07) is 3.33. The Morgan fingerprint density at radius 3 is 2.70 bits per heavy atom. The molecule has 2 aliphatic heterocycles. The van der Waals surface area contributed by atoms with Gasteiger partial charge in [-0.2, -0.15) is 18.3 Å². The predicted octanol–water partition coefficient (Wildman–Crippen LogP) is 0.837. The summed E-state index contributed by atoms with van der Waals surface area (Å²) < 4.78 is 40.2. The number of aromatic nitrogens is 5. The number of nitrogens with one attached hydrogen (secondary N) is 1. The van der Waals surface area contributed by atoms with Gasteiger partial charge in [0.1, 0.15) is 5.52 Å². The van der Waals surface area contributed by atoms with Crippen LogP contribution in [0.4, 0.5) is 13.2 Å². The summed E-state index contributed by atoms with van der Waals surface area (Å²) in [5.41, 5.74) is 0.711. The van der Waals surface area contributed by atoms with Crippen LogP contribution in [-0.4, -0.2) is 79.0 Å². The first-order chi connectivity index (χ1) is 14.1. The first-order valence-electron chi connectivity index (χ1n) is 9.35. The maximum Gasteiger partial charge on any atom is 0.401 e. The number of alkyl halides is 3. The molecule has 1 spiro atoms. The van der Waals surface area contributed by atoms with E-state index in [1.807, 2.05) is 0 Å². The second-order valence-corrected chi connectivity index (χ2v) is 8.09. The highest BCUT2D eigenvalue weighted by molar-refractivity contribution is 5.95. The van der Waals surface area contributed by atoms with Gasteiger partial charge in [-0.3, -0.25) is 19.5 Å². The van der Waals surface area contributed by atoms with Gasteiger partial charge in [0.25, 0.3) is 11.5 Å². The van der Waals surface area contributed by atoms with E-state index < -0.39 is 12.7 Å². The second kappa shape index (κ2) is 6.17. The zero-order chi connectivity index (χ0) is 21.3. The zero-order valence-corrected chi connectivity index (χ0v) is 16.0. The summed E-state index contributed by atoms with van der Waals surface area (Å²) in [5, 5.41) is 8.49. The van der Waals surface area contributed by atoms with Crippen molar-refractivity contribution in [3.8, 4) is 5.95 Å². The van der Waals surface area contributed by atoms with Crippen LogP contribution < -0.4 is 5.56 Å². The number of rotatable bonds is 3. The van der Waals surface area contributed by atoms with Crippen molar-refractivity contribution in [2.24, 2.45) is 5.41 Å². The second-order valence-electron chi connectivity index (χ2n) is 8.09. The Morgan fingerprint density at radius 2 is 2.00 bits per heavy atom. The fourth-order valence-electron chi connectivity index (χ4n) is 4.41. The maximum absolute atomic E-state index is 12.8. The first kappa shape index (κ1) is 18.9. The highest BCUT2D eigenvalue weighted by atomic mass is 19.4. The number of hydrogen-bond donors (Lipinski definition) is 1. The van der Waals surface area contributed by atoms with Crippen molar-refractivity contribution in [3.05, 3.63) is 46.1 Å². The van der Waals surface area contributed by atoms with E-state index in [0.29, 0.717) is 43.0 Å². The molecule has 5 rings (SSSR count). The van der Waals surface area contributed by atoms with Crippen LogP contribution in [0.25, 0.3) is 11.5 Å². The van der Waals surface area contributed by atoms with Gasteiger partial charge in [0.2, 0.25) is 5.95 Å². The van der Waals surface area contributed by atoms with Gasteiger partial charge >= 0.3 is 6.18 Å². The number of hydrogen-bond acceptors (Lipinski definition) is 5. The molecule has 3 aromatic rings. The van der Waals surface area contributed by atoms with Gasteiger partial charge in [-0.1, -0.05) is 0 Å². The van der Waals surface area contributed by atoms with Crippen LogP contribution in [0.1, 0.15) is 16.1 Å². The summed E-state index contributed by atoms with van der Waals surface area (Å²) in [6.07, 6.45) is -1.15. The van der Waals surface area contributed by atoms with Crippen molar-refractivity contribution >= 4 is 11.4 Å². The molecular weight excluding hydrogens is 403 g/mol. The van der Waals surface area contributed by atoms with Gasteiger partial charge in [0, 0.05) is 37.8 Å². The van der Waals surface area contributed by atoms with E-state index in [9.17, 15) is 22.8 Å². The maximum atomic E-state index is 12.8. The number of H-pyrrole nitrogens is 1. The summed E-state index contributed by atoms with van der Waals surface area (Å²) in [5.74, 6) is -0.0508. The molecule has 158 valence electrons. The van der Waals surface area contributed by atoms with Gasteiger partial charge in [0.05, 0.1) is 24.0 Å². The Kier molecular flexibility index (Phi) is 3.88. The molecule has 0 atom stereocenters. The molecule has 30 heavy (non-hydrogen) atoms. The normalized spacial score (nSPS) is 18.6. The van der Waals surface area contributed by atoms with Crippen LogP contribution in [0.3, 0.4) is 0 Å². The van der Waals surface area contributed by atoms with Crippen LogP contribution in [0.5, 0.6) is 0 Å². The minimum absolute atomic E-state index is 0.183. The number of amides is 1. The van der Waals surface area contributed by atoms with Crippen molar-refractivity contribution in [3.63, 3.8) is 0 Å². The molecule has 0 unspecified atom stereocenters. The quantitative estimate of drug-likeness (QED) is 0.677. The van der Waals surface area contributed by atoms with E-state index >= 15 is 0 Å². The molecule has 0 bridgehead atoms. The molecule has 3 aromatic heterocycles. The van der Waals surface area contributed by atoms with E-state index in [-0.39, 0.29) is 22.8 Å². The van der Waals surface area contributed by atoms with Crippen molar-refractivity contribution < 1.29 is 18.0 Å². The lowest BCUT2D eigenvalue weighted by atomic mass is 9.72. The molecule has 0 aliphatic carbocycles. The molecule has 5 heterocycles. The van der Waals surface area contributed by atoms with Crippen LogP contribution >= 0.6 is 0 Å². The minimum atomic E-state index is -4.20. The molecule has 2 saturated heterocycles. The summed E-state index contributed by atoms with van der Waals surface area (Å²) >= 11 is 0. The zero-order valence-electron chi connectivity index (χ0n) is 16.0. The van der Waals surface area contributed by atoms with E-state index in [1.165, 1.54) is 20.3 Å². The van der Waals surface area contributed by atoms with Crippen molar-refractivity contribution in [2.45, 2.75) is 13.1 Å². The van der Waals surface area contributed by atoms with Crippen molar-refractivity contribution in [1.29, 1.82) is 0 Å². The van der Waals surface area contributed by atoms with Gasteiger partial charge < -0.3 is 4.90 Å². The van der Waals surface area contributed by atoms with Crippen molar-refractivity contribution in [2.75, 3.05) is 32.7 Å². The standard InChI is InChI=1S/C18H18F3N7O2/c1-11-12(5-22-28(11)16-23-14(29)13-3-2-4-27(13)24-16)15(30)26-8-17(9-26)6-25(7-17)10-18(19,20)21/h2-5H,6-10H2,1H3,(H,23,24,29). The average molecular weight is 421 g/mol. The largest absolute Gasteiger partial charge is 0.401 e. The van der Waals surface area contributed by atoms with E-state index in [0.717, 1.165) is 0 Å². The Balaban J connectivity index is 1.29. The smallest absolute Gasteiger partial charge is 0.337 e. The van der Waals surface area contributed by atoms with Gasteiger partial charge in [-0.15, -0.1) is 5.10 Å². The summed E-state index contributed by atoms with van der Waals surface area (Å²) in [6.45, 7) is 2.33. The SMILES string of the molecule is Cc1c(C(=O)N2CC3(CN(CC(F)(F)F)C3)C2)cnn1-c1nn2cccc2c(=O)[nH]1. The molecule has 12 heteroatoms. The molecular formula is C18H18F3N7O2. The Hall–Kier alpha value is -3.15. The molecule has 0 aromatic carbocycles. The fraction of sp³-hybridized carbons (Fsp3) is 0.444. The number of nitrogens with zero attached hydrogens (tertiary/aromatic N) is 6. The third-order valence-corrected chi connectivity index (χ3v) is 5.69. The lowest BCUT2D eigenvalue weighted by Crippen LogP contribution is -2.73. The fourth-order valence-corrected chi connectivity index (χ4v) is 4.41. The number of aromatic amines is 1. The van der Waals surface area contributed by atoms with Crippen LogP contribution in [0.2, 0.25) is 0 Å². The number of carbonyl (C=O) groups excluding carboxylic acids is 1. The third kappa shape index (κ3) is 2.98. The third-order valence-electron chi connectivity index (χ3n) is 5.69. The Morgan fingerprint density at radius 1 is 1.27 bits per heavy atom. The van der Waals surface area contributed by atoms with Crippen LogP contribution in [-0.2, 0) is 0 Å². The Bertz CT molecular complexity index is 1190. The van der Waals surface area contributed by atoms with Gasteiger partial charge in [-0.05, 0) is 19.1 Å². The van der Waals surface area contributed by atoms with Gasteiger partial charge in [-0.25, -0.2) is 9.20 Å². The molecule has 0 saturated carbocycles. The number of carbonyl (C=O) groups is 1. The molecule has 9 nitrogen and oxygen atoms in total. The minimum Gasteiger partial charge on any atom is -0.337 e.